The Morgan fingerprint density at radius 1 is 0.769 bits per heavy atom. The van der Waals surface area contributed by atoms with E-state index in [1.54, 1.807) is 38.5 Å². The maximum Gasteiger partial charge on any atom is 0.178 e. The molecule has 0 rings (SSSR count). The maximum absolute atomic E-state index is 11.7. The van der Waals surface area contributed by atoms with Crippen molar-refractivity contribution in [2.24, 2.45) is 0 Å². The first kappa shape index (κ1) is 24.9. The van der Waals surface area contributed by atoms with E-state index in [9.17, 15) is 4.79 Å². The van der Waals surface area contributed by atoms with Gasteiger partial charge in [-0.15, -0.1) is 0 Å². The van der Waals surface area contributed by atoms with Gasteiger partial charge in [-0.1, -0.05) is 12.2 Å². The summed E-state index contributed by atoms with van der Waals surface area (Å²) in [5.41, 5.74) is 0. The molecular weight excluding hydrogens is 340 g/mol. The van der Waals surface area contributed by atoms with E-state index < -0.39 is 0 Å². The molecule has 0 spiro atoms. The fourth-order valence-electron chi connectivity index (χ4n) is 1.67. The predicted octanol–water partition coefficient (Wildman–Crippen LogP) is 2.50. The molecule has 0 aliphatic carbocycles. The topological polar surface area (TPSA) is 72.5 Å². The van der Waals surface area contributed by atoms with Crippen LogP contribution in [0.15, 0.2) is 24.3 Å². The number of carbonyl (C=O) groups is 1. The van der Waals surface area contributed by atoms with Crippen molar-refractivity contribution in [3.8, 4) is 0 Å². The second kappa shape index (κ2) is 18.7. The molecule has 7 nitrogen and oxygen atoms in total. The maximum atomic E-state index is 11.7. The zero-order valence-corrected chi connectivity index (χ0v) is 16.5. The van der Waals surface area contributed by atoms with Crippen LogP contribution in [-0.4, -0.2) is 72.2 Å². The Morgan fingerprint density at radius 3 is 1.58 bits per heavy atom. The first-order chi connectivity index (χ1) is 12.6. The molecule has 0 bridgehead atoms. The number of hydrogen-bond acceptors (Lipinski definition) is 7. The molecule has 0 fully saturated rings. The van der Waals surface area contributed by atoms with Crippen LogP contribution in [0.1, 0.15) is 26.7 Å². The van der Waals surface area contributed by atoms with E-state index >= 15 is 0 Å². The SMILES string of the molecule is COCCOCO[C@@H](C)C/C=C/C(=O)/C=C/C[C@H](C)OCOCCOC. The van der Waals surface area contributed by atoms with E-state index in [4.69, 9.17) is 28.4 Å². The van der Waals surface area contributed by atoms with E-state index in [1.807, 2.05) is 13.8 Å². The Balaban J connectivity index is 3.71. The van der Waals surface area contributed by atoms with Gasteiger partial charge in [0, 0.05) is 14.2 Å². The van der Waals surface area contributed by atoms with Gasteiger partial charge in [-0.3, -0.25) is 4.79 Å². The Hall–Kier alpha value is -1.09. The normalized spacial score (nSPS) is 14.3. The van der Waals surface area contributed by atoms with Crippen molar-refractivity contribution < 1.29 is 33.2 Å². The largest absolute Gasteiger partial charge is 0.382 e. The lowest BCUT2D eigenvalue weighted by Gasteiger charge is -2.11. The average Bonchev–Trinajstić information content (AvgIpc) is 2.61. The van der Waals surface area contributed by atoms with Gasteiger partial charge in [0.1, 0.15) is 13.6 Å². The van der Waals surface area contributed by atoms with Crippen LogP contribution in [0, 0.1) is 0 Å². The summed E-state index contributed by atoms with van der Waals surface area (Å²) in [6.45, 7) is 6.40. The van der Waals surface area contributed by atoms with Gasteiger partial charge in [0.2, 0.25) is 0 Å². The van der Waals surface area contributed by atoms with Crippen LogP contribution >= 0.6 is 0 Å². The van der Waals surface area contributed by atoms with E-state index in [-0.39, 0.29) is 31.6 Å². The molecule has 0 amide bonds. The van der Waals surface area contributed by atoms with Gasteiger partial charge in [0.15, 0.2) is 5.78 Å². The molecule has 0 saturated carbocycles. The van der Waals surface area contributed by atoms with Crippen LogP contribution in [0.25, 0.3) is 0 Å². The molecule has 7 heteroatoms. The zero-order chi connectivity index (χ0) is 19.5. The highest BCUT2D eigenvalue weighted by molar-refractivity contribution is 5.99. The van der Waals surface area contributed by atoms with Crippen molar-refractivity contribution in [3.63, 3.8) is 0 Å². The lowest BCUT2D eigenvalue weighted by atomic mass is 10.2. The molecule has 0 aromatic rings. The predicted molar refractivity (Wildman–Crippen MR) is 99.0 cm³/mol. The van der Waals surface area contributed by atoms with Crippen molar-refractivity contribution in [1.29, 1.82) is 0 Å². The quantitative estimate of drug-likeness (QED) is 0.207. The van der Waals surface area contributed by atoms with Crippen molar-refractivity contribution in [1.82, 2.24) is 0 Å². The van der Waals surface area contributed by atoms with Crippen LogP contribution < -0.4 is 0 Å². The molecule has 0 N–H and O–H groups in total. The number of hydrogen-bond donors (Lipinski definition) is 0. The highest BCUT2D eigenvalue weighted by atomic mass is 16.7. The molecule has 26 heavy (non-hydrogen) atoms. The van der Waals surface area contributed by atoms with Crippen molar-refractivity contribution in [2.75, 3.05) is 54.2 Å². The number of rotatable bonds is 18. The molecular formula is C19H34O7. The smallest absolute Gasteiger partial charge is 0.178 e. The summed E-state index contributed by atoms with van der Waals surface area (Å²) >= 11 is 0. The van der Waals surface area contributed by atoms with Gasteiger partial charge in [-0.05, 0) is 38.8 Å². The molecule has 152 valence electrons. The molecule has 0 radical (unpaired) electrons. The fraction of sp³-hybridized carbons (Fsp3) is 0.737. The fourth-order valence-corrected chi connectivity index (χ4v) is 1.67. The first-order valence-corrected chi connectivity index (χ1v) is 8.83. The van der Waals surface area contributed by atoms with Gasteiger partial charge in [-0.2, -0.15) is 0 Å². The van der Waals surface area contributed by atoms with Gasteiger partial charge in [0.05, 0.1) is 38.6 Å². The number of ketones is 1. The minimum absolute atomic E-state index is 0.0166. The Morgan fingerprint density at radius 2 is 1.19 bits per heavy atom. The summed E-state index contributed by atoms with van der Waals surface area (Å²) in [5, 5.41) is 0. The van der Waals surface area contributed by atoms with Crippen LogP contribution in [0.2, 0.25) is 0 Å². The van der Waals surface area contributed by atoms with Crippen LogP contribution in [0.3, 0.4) is 0 Å². The third kappa shape index (κ3) is 17.7. The molecule has 0 aromatic carbocycles. The monoisotopic (exact) mass is 374 g/mol. The molecule has 0 aliphatic heterocycles. The van der Waals surface area contributed by atoms with E-state index in [0.717, 1.165) is 0 Å². The Labute approximate surface area is 157 Å². The second-order valence-corrected chi connectivity index (χ2v) is 5.67. The molecule has 0 saturated heterocycles. The van der Waals surface area contributed by atoms with Crippen LogP contribution in [0.5, 0.6) is 0 Å². The summed E-state index contributed by atoms with van der Waals surface area (Å²) in [6, 6.07) is 0. The van der Waals surface area contributed by atoms with Gasteiger partial charge < -0.3 is 28.4 Å². The van der Waals surface area contributed by atoms with Crippen LogP contribution in [-0.2, 0) is 33.2 Å². The highest BCUT2D eigenvalue weighted by Crippen LogP contribution is 2.01. The molecule has 0 heterocycles. The number of methoxy groups -OCH3 is 2. The third-order valence-corrected chi connectivity index (χ3v) is 3.24. The summed E-state index contributed by atoms with van der Waals surface area (Å²) in [5.74, 6) is -0.0583. The average molecular weight is 374 g/mol. The minimum atomic E-state index is -0.0583. The van der Waals surface area contributed by atoms with Gasteiger partial charge >= 0.3 is 0 Å². The van der Waals surface area contributed by atoms with Crippen molar-refractivity contribution in [3.05, 3.63) is 24.3 Å². The van der Waals surface area contributed by atoms with Gasteiger partial charge in [-0.25, -0.2) is 0 Å². The standard InChI is InChI=1S/C19H34O7/c1-17(25-15-23-13-11-21-3)7-5-9-19(20)10-6-8-18(2)26-16-24-14-12-22-4/h5-6,9-10,17-18H,7-8,11-16H2,1-4H3/b9-5+,10-6+/t17-,18-/m0/s1. The number of carbonyl (C=O) groups excluding carboxylic acids is 1. The minimum Gasteiger partial charge on any atom is -0.382 e. The summed E-state index contributed by atoms with van der Waals surface area (Å²) in [6.07, 6.45) is 7.95. The molecule has 0 aromatic heterocycles. The summed E-state index contributed by atoms with van der Waals surface area (Å²) < 4.78 is 31.1. The van der Waals surface area contributed by atoms with E-state index in [0.29, 0.717) is 39.3 Å². The van der Waals surface area contributed by atoms with Crippen molar-refractivity contribution in [2.45, 2.75) is 38.9 Å². The summed E-state index contributed by atoms with van der Waals surface area (Å²) in [4.78, 5) is 11.7. The van der Waals surface area contributed by atoms with Crippen LogP contribution in [0.4, 0.5) is 0 Å². The third-order valence-electron chi connectivity index (χ3n) is 3.24. The molecule has 2 atom stereocenters. The molecule has 0 unspecified atom stereocenters. The second-order valence-electron chi connectivity index (χ2n) is 5.67. The Kier molecular flexibility index (Phi) is 17.9. The highest BCUT2D eigenvalue weighted by Gasteiger charge is 2.01. The van der Waals surface area contributed by atoms with E-state index in [2.05, 4.69) is 0 Å². The van der Waals surface area contributed by atoms with E-state index in [1.165, 1.54) is 0 Å². The zero-order valence-electron chi connectivity index (χ0n) is 16.5. The number of allylic oxidation sites excluding steroid dienone is 2. The summed E-state index contributed by atoms with van der Waals surface area (Å²) in [7, 11) is 3.24. The lowest BCUT2D eigenvalue weighted by Crippen LogP contribution is -2.12. The lowest BCUT2D eigenvalue weighted by molar-refractivity contribution is -0.110. The van der Waals surface area contributed by atoms with Crippen molar-refractivity contribution >= 4 is 5.78 Å². The van der Waals surface area contributed by atoms with Gasteiger partial charge in [0.25, 0.3) is 0 Å². The Bertz CT molecular complexity index is 348. The first-order valence-electron chi connectivity index (χ1n) is 8.83. The number of ether oxygens (including phenoxy) is 6. The molecule has 0 aliphatic rings.